The molecule has 0 radical (unpaired) electrons. The van der Waals surface area contributed by atoms with Crippen LogP contribution in [0.5, 0.6) is 0 Å². The second-order valence-electron chi connectivity index (χ2n) is 5.91. The predicted molar refractivity (Wildman–Crippen MR) is 117 cm³/mol. The minimum atomic E-state index is 0. The molecule has 0 unspecified atom stereocenters. The smallest absolute Gasteiger partial charge is 0.214 e. The van der Waals surface area contributed by atoms with Crippen molar-refractivity contribution in [2.45, 2.75) is 33.9 Å². The molecular weight excluding hydrogens is 455 g/mol. The Kier molecular flexibility index (Phi) is 7.83. The van der Waals surface area contributed by atoms with E-state index in [4.69, 9.17) is 4.42 Å². The summed E-state index contributed by atoms with van der Waals surface area (Å²) in [6.45, 7) is 7.76. The van der Waals surface area contributed by atoms with Crippen LogP contribution in [0.25, 0.3) is 5.69 Å². The van der Waals surface area contributed by atoms with Crippen molar-refractivity contribution >= 4 is 29.9 Å². The molecule has 0 saturated heterocycles. The Balaban J connectivity index is 0.00000261. The first kappa shape index (κ1) is 20.9. The maximum Gasteiger partial charge on any atom is 0.214 e. The van der Waals surface area contributed by atoms with E-state index in [0.717, 1.165) is 35.2 Å². The van der Waals surface area contributed by atoms with Crippen LogP contribution in [-0.2, 0) is 13.1 Å². The molecule has 0 aliphatic carbocycles. The fourth-order valence-electron chi connectivity index (χ4n) is 2.46. The van der Waals surface area contributed by atoms with Crippen LogP contribution in [0, 0.1) is 13.8 Å². The molecule has 27 heavy (non-hydrogen) atoms. The van der Waals surface area contributed by atoms with Crippen LogP contribution in [0.2, 0.25) is 0 Å². The molecule has 0 saturated carbocycles. The van der Waals surface area contributed by atoms with Crippen molar-refractivity contribution in [1.82, 2.24) is 25.4 Å². The van der Waals surface area contributed by atoms with Crippen molar-refractivity contribution in [3.8, 4) is 5.69 Å². The molecule has 7 nitrogen and oxygen atoms in total. The topological polar surface area (TPSA) is 80.3 Å². The fourth-order valence-corrected chi connectivity index (χ4v) is 2.46. The lowest BCUT2D eigenvalue weighted by molar-refractivity contribution is 0.463. The van der Waals surface area contributed by atoms with E-state index < -0.39 is 0 Å². The van der Waals surface area contributed by atoms with Crippen molar-refractivity contribution < 1.29 is 4.42 Å². The highest BCUT2D eigenvalue weighted by atomic mass is 127. The van der Waals surface area contributed by atoms with E-state index in [1.165, 1.54) is 0 Å². The third-order valence-corrected chi connectivity index (χ3v) is 3.95. The number of benzene rings is 1. The Morgan fingerprint density at radius 2 is 1.96 bits per heavy atom. The summed E-state index contributed by atoms with van der Waals surface area (Å²) in [7, 11) is 0. The number of aliphatic imine (C=N–C) groups is 1. The SMILES string of the molecule is CCNC(=NCc1ccc(-n2cccn2)cc1)NCc1nc(C)c(C)o1.I. The molecule has 8 heteroatoms. The van der Waals surface area contributed by atoms with Gasteiger partial charge >= 0.3 is 0 Å². The van der Waals surface area contributed by atoms with Crippen LogP contribution in [-0.4, -0.2) is 27.3 Å². The van der Waals surface area contributed by atoms with Crippen LogP contribution in [0.1, 0.15) is 29.8 Å². The average molecular weight is 480 g/mol. The molecule has 0 spiro atoms. The van der Waals surface area contributed by atoms with Crippen LogP contribution < -0.4 is 10.6 Å². The number of aromatic nitrogens is 3. The third kappa shape index (κ3) is 5.81. The number of nitrogens with one attached hydrogen (secondary N) is 2. The highest BCUT2D eigenvalue weighted by Crippen LogP contribution is 2.10. The van der Waals surface area contributed by atoms with Crippen molar-refractivity contribution in [3.63, 3.8) is 0 Å². The van der Waals surface area contributed by atoms with Gasteiger partial charge < -0.3 is 15.1 Å². The van der Waals surface area contributed by atoms with Crippen molar-refractivity contribution in [3.05, 3.63) is 65.6 Å². The molecule has 0 aliphatic heterocycles. The van der Waals surface area contributed by atoms with Gasteiger partial charge in [0.2, 0.25) is 5.89 Å². The normalized spacial score (nSPS) is 11.1. The second kappa shape index (κ2) is 10.1. The molecule has 2 aromatic heterocycles. The van der Waals surface area contributed by atoms with Crippen LogP contribution >= 0.6 is 24.0 Å². The van der Waals surface area contributed by atoms with Crippen molar-refractivity contribution in [2.75, 3.05) is 6.54 Å². The summed E-state index contributed by atoms with van der Waals surface area (Å²) in [5.74, 6) is 2.24. The first-order valence-electron chi connectivity index (χ1n) is 8.69. The molecule has 2 N–H and O–H groups in total. The van der Waals surface area contributed by atoms with Gasteiger partial charge in [-0.15, -0.1) is 24.0 Å². The van der Waals surface area contributed by atoms with E-state index in [0.29, 0.717) is 19.0 Å². The Bertz CT molecular complexity index is 835. The lowest BCUT2D eigenvalue weighted by Crippen LogP contribution is -2.36. The van der Waals surface area contributed by atoms with Crippen LogP contribution in [0.15, 0.2) is 52.1 Å². The van der Waals surface area contributed by atoms with Gasteiger partial charge in [0.15, 0.2) is 5.96 Å². The number of rotatable bonds is 6. The summed E-state index contributed by atoms with van der Waals surface area (Å²) in [6.07, 6.45) is 3.69. The molecule has 2 heterocycles. The first-order chi connectivity index (χ1) is 12.7. The minimum Gasteiger partial charge on any atom is -0.444 e. The van der Waals surface area contributed by atoms with E-state index in [2.05, 4.69) is 37.8 Å². The second-order valence-corrected chi connectivity index (χ2v) is 5.91. The zero-order valence-corrected chi connectivity index (χ0v) is 18.1. The van der Waals surface area contributed by atoms with E-state index in [-0.39, 0.29) is 24.0 Å². The van der Waals surface area contributed by atoms with Gasteiger partial charge in [-0.3, -0.25) is 0 Å². The molecule has 3 aromatic rings. The maximum absolute atomic E-state index is 5.59. The molecule has 0 fully saturated rings. The summed E-state index contributed by atoms with van der Waals surface area (Å²) >= 11 is 0. The monoisotopic (exact) mass is 480 g/mol. The number of hydrogen-bond donors (Lipinski definition) is 2. The van der Waals surface area contributed by atoms with E-state index in [9.17, 15) is 0 Å². The standard InChI is InChI=1S/C19H24N6O.HI/c1-4-20-19(22-13-18-24-14(2)15(3)26-18)21-12-16-6-8-17(9-7-16)25-11-5-10-23-25;/h5-11H,4,12-13H2,1-3H3,(H2,20,21,22);1H. The molecule has 0 aliphatic rings. The number of guanidine groups is 1. The van der Waals surface area contributed by atoms with Crippen molar-refractivity contribution in [2.24, 2.45) is 4.99 Å². The predicted octanol–water partition coefficient (Wildman–Crippen LogP) is 3.35. The molecule has 0 amide bonds. The Morgan fingerprint density at radius 1 is 1.19 bits per heavy atom. The van der Waals surface area contributed by atoms with E-state index in [1.54, 1.807) is 6.20 Å². The maximum atomic E-state index is 5.59. The summed E-state index contributed by atoms with van der Waals surface area (Å²) in [5.41, 5.74) is 3.07. The fraction of sp³-hybridized carbons (Fsp3) is 0.316. The summed E-state index contributed by atoms with van der Waals surface area (Å²) in [6, 6.07) is 10.1. The van der Waals surface area contributed by atoms with Gasteiger partial charge in [-0.2, -0.15) is 5.10 Å². The quantitative estimate of drug-likeness (QED) is 0.322. The number of aryl methyl sites for hydroxylation is 2. The Labute approximate surface area is 176 Å². The molecule has 3 rings (SSSR count). The summed E-state index contributed by atoms with van der Waals surface area (Å²) in [4.78, 5) is 9.00. The largest absolute Gasteiger partial charge is 0.444 e. The average Bonchev–Trinajstić information content (AvgIpc) is 3.28. The van der Waals surface area contributed by atoms with E-state index in [1.807, 2.05) is 49.8 Å². The molecule has 0 atom stereocenters. The van der Waals surface area contributed by atoms with Crippen LogP contribution in [0.3, 0.4) is 0 Å². The Hall–Kier alpha value is -2.36. The summed E-state index contributed by atoms with van der Waals surface area (Å²) in [5, 5.41) is 10.7. The van der Waals surface area contributed by atoms with Crippen molar-refractivity contribution in [1.29, 1.82) is 0 Å². The minimum absolute atomic E-state index is 0. The zero-order valence-electron chi connectivity index (χ0n) is 15.8. The van der Waals surface area contributed by atoms with Gasteiger partial charge in [0.05, 0.1) is 24.5 Å². The zero-order chi connectivity index (χ0) is 18.4. The molecule has 1 aromatic carbocycles. The summed E-state index contributed by atoms with van der Waals surface area (Å²) < 4.78 is 7.42. The van der Waals surface area contributed by atoms with Gasteiger partial charge in [-0.05, 0) is 44.5 Å². The van der Waals surface area contributed by atoms with E-state index >= 15 is 0 Å². The van der Waals surface area contributed by atoms with Gasteiger partial charge in [-0.25, -0.2) is 14.7 Å². The highest BCUT2D eigenvalue weighted by Gasteiger charge is 2.06. The molecule has 144 valence electrons. The molecule has 0 bridgehead atoms. The number of nitrogens with zero attached hydrogens (tertiary/aromatic N) is 4. The van der Waals surface area contributed by atoms with Gasteiger partial charge in [-0.1, -0.05) is 12.1 Å². The number of hydrogen-bond acceptors (Lipinski definition) is 4. The Morgan fingerprint density at radius 3 is 2.56 bits per heavy atom. The number of oxazole rings is 1. The van der Waals surface area contributed by atoms with Gasteiger partial charge in [0.25, 0.3) is 0 Å². The lowest BCUT2D eigenvalue weighted by atomic mass is 10.2. The lowest BCUT2D eigenvalue weighted by Gasteiger charge is -2.10. The first-order valence-corrected chi connectivity index (χ1v) is 8.69. The van der Waals surface area contributed by atoms with Crippen LogP contribution in [0.4, 0.5) is 0 Å². The van der Waals surface area contributed by atoms with Gasteiger partial charge in [0, 0.05) is 18.9 Å². The highest BCUT2D eigenvalue weighted by molar-refractivity contribution is 14.0. The van der Waals surface area contributed by atoms with Gasteiger partial charge in [0.1, 0.15) is 5.76 Å². The molecular formula is C19H25IN6O. The number of halogens is 1. The third-order valence-electron chi connectivity index (χ3n) is 3.95.